The standard InChI is InChI=1S/C13H11NO2/c1-9(15)16-12-5-6-13-10(7-12)3-2-4-11(13)8-14/h2-6,12H,7H2,1H3. The lowest BCUT2D eigenvalue weighted by Gasteiger charge is -2.19. The van der Waals surface area contributed by atoms with E-state index in [1.54, 1.807) is 6.07 Å². The van der Waals surface area contributed by atoms with E-state index in [4.69, 9.17) is 10.00 Å². The van der Waals surface area contributed by atoms with Gasteiger partial charge in [-0.3, -0.25) is 4.79 Å². The molecule has 1 unspecified atom stereocenters. The Morgan fingerprint density at radius 2 is 2.38 bits per heavy atom. The number of benzene rings is 1. The van der Waals surface area contributed by atoms with Crippen LogP contribution in [0.3, 0.4) is 0 Å². The Bertz CT molecular complexity index is 497. The first kappa shape index (κ1) is 10.4. The van der Waals surface area contributed by atoms with Crippen molar-refractivity contribution >= 4 is 12.0 Å². The number of rotatable bonds is 1. The minimum atomic E-state index is -0.283. The van der Waals surface area contributed by atoms with Gasteiger partial charge in [0.05, 0.1) is 11.6 Å². The molecule has 3 heteroatoms. The van der Waals surface area contributed by atoms with E-state index in [1.807, 2.05) is 24.3 Å². The van der Waals surface area contributed by atoms with Crippen LogP contribution in [0.1, 0.15) is 23.6 Å². The number of nitrogens with zero attached hydrogens (tertiary/aromatic N) is 1. The zero-order chi connectivity index (χ0) is 11.5. The highest BCUT2D eigenvalue weighted by molar-refractivity contribution is 5.68. The van der Waals surface area contributed by atoms with Crippen molar-refractivity contribution in [1.82, 2.24) is 0 Å². The summed E-state index contributed by atoms with van der Waals surface area (Å²) in [6.45, 7) is 1.40. The van der Waals surface area contributed by atoms with Crippen LogP contribution in [0.15, 0.2) is 24.3 Å². The highest BCUT2D eigenvalue weighted by Gasteiger charge is 2.17. The zero-order valence-electron chi connectivity index (χ0n) is 8.93. The van der Waals surface area contributed by atoms with E-state index >= 15 is 0 Å². The Morgan fingerprint density at radius 3 is 3.06 bits per heavy atom. The van der Waals surface area contributed by atoms with Gasteiger partial charge >= 0.3 is 5.97 Å². The summed E-state index contributed by atoms with van der Waals surface area (Å²) in [7, 11) is 0. The molecule has 0 spiro atoms. The van der Waals surface area contributed by atoms with Crippen molar-refractivity contribution < 1.29 is 9.53 Å². The Balaban J connectivity index is 2.30. The maximum Gasteiger partial charge on any atom is 0.303 e. The largest absolute Gasteiger partial charge is 0.458 e. The fraction of sp³-hybridized carbons (Fsp3) is 0.231. The highest BCUT2D eigenvalue weighted by Crippen LogP contribution is 2.23. The molecule has 0 amide bonds. The molecule has 1 atom stereocenters. The van der Waals surface area contributed by atoms with E-state index in [-0.39, 0.29) is 12.1 Å². The van der Waals surface area contributed by atoms with Gasteiger partial charge in [-0.1, -0.05) is 18.2 Å². The molecule has 0 aromatic heterocycles. The Kier molecular flexibility index (Phi) is 2.74. The molecule has 3 nitrogen and oxygen atoms in total. The molecule has 0 fully saturated rings. The number of hydrogen-bond donors (Lipinski definition) is 0. The number of fused-ring (bicyclic) bond motifs is 1. The quantitative estimate of drug-likeness (QED) is 0.671. The van der Waals surface area contributed by atoms with Gasteiger partial charge in [0.1, 0.15) is 6.10 Å². The van der Waals surface area contributed by atoms with Crippen LogP contribution in [0.2, 0.25) is 0 Å². The van der Waals surface area contributed by atoms with Gasteiger partial charge in [-0.25, -0.2) is 0 Å². The molecule has 1 aliphatic carbocycles. The maximum absolute atomic E-state index is 10.8. The third-order valence-electron chi connectivity index (χ3n) is 2.53. The van der Waals surface area contributed by atoms with Gasteiger partial charge in [0.2, 0.25) is 0 Å². The second kappa shape index (κ2) is 4.19. The van der Waals surface area contributed by atoms with E-state index < -0.39 is 0 Å². The van der Waals surface area contributed by atoms with Crippen LogP contribution in [-0.2, 0) is 16.0 Å². The first-order valence-corrected chi connectivity index (χ1v) is 5.08. The lowest BCUT2D eigenvalue weighted by Crippen LogP contribution is -2.19. The molecule has 0 radical (unpaired) electrons. The van der Waals surface area contributed by atoms with Gasteiger partial charge in [0, 0.05) is 13.3 Å². The summed E-state index contributed by atoms with van der Waals surface area (Å²) < 4.78 is 5.11. The predicted octanol–water partition coefficient (Wildman–Crippen LogP) is 2.06. The van der Waals surface area contributed by atoms with Gasteiger partial charge in [-0.05, 0) is 23.3 Å². The number of carbonyl (C=O) groups is 1. The second-order valence-electron chi connectivity index (χ2n) is 3.70. The van der Waals surface area contributed by atoms with Crippen molar-refractivity contribution in [2.75, 3.05) is 0 Å². The van der Waals surface area contributed by atoms with E-state index in [0.29, 0.717) is 12.0 Å². The van der Waals surface area contributed by atoms with Gasteiger partial charge in [-0.15, -0.1) is 0 Å². The first-order chi connectivity index (χ1) is 7.70. The summed E-state index contributed by atoms with van der Waals surface area (Å²) in [5.41, 5.74) is 2.65. The van der Waals surface area contributed by atoms with Gasteiger partial charge in [-0.2, -0.15) is 5.26 Å². The van der Waals surface area contributed by atoms with E-state index in [0.717, 1.165) is 11.1 Å². The minimum Gasteiger partial charge on any atom is -0.458 e. The van der Waals surface area contributed by atoms with Crippen LogP contribution in [0.5, 0.6) is 0 Å². The third kappa shape index (κ3) is 1.96. The van der Waals surface area contributed by atoms with Crippen LogP contribution < -0.4 is 0 Å². The average molecular weight is 213 g/mol. The molecule has 0 N–H and O–H groups in total. The lowest BCUT2D eigenvalue weighted by atomic mass is 9.92. The smallest absolute Gasteiger partial charge is 0.303 e. The minimum absolute atomic E-state index is 0.209. The highest BCUT2D eigenvalue weighted by atomic mass is 16.5. The predicted molar refractivity (Wildman–Crippen MR) is 59.4 cm³/mol. The molecule has 1 aliphatic rings. The summed E-state index contributed by atoms with van der Waals surface area (Å²) in [4.78, 5) is 10.8. The van der Waals surface area contributed by atoms with Crippen LogP contribution in [0, 0.1) is 11.3 Å². The lowest BCUT2D eigenvalue weighted by molar-refractivity contribution is -0.144. The van der Waals surface area contributed by atoms with Crippen molar-refractivity contribution in [3.8, 4) is 6.07 Å². The van der Waals surface area contributed by atoms with Crippen LogP contribution in [-0.4, -0.2) is 12.1 Å². The topological polar surface area (TPSA) is 50.1 Å². The summed E-state index contributed by atoms with van der Waals surface area (Å²) in [6, 6.07) is 7.74. The monoisotopic (exact) mass is 213 g/mol. The van der Waals surface area contributed by atoms with Crippen molar-refractivity contribution in [1.29, 1.82) is 5.26 Å². The third-order valence-corrected chi connectivity index (χ3v) is 2.53. The fourth-order valence-corrected chi connectivity index (χ4v) is 1.87. The van der Waals surface area contributed by atoms with E-state index in [2.05, 4.69) is 6.07 Å². The number of esters is 1. The molecule has 16 heavy (non-hydrogen) atoms. The van der Waals surface area contributed by atoms with Crippen molar-refractivity contribution in [3.05, 3.63) is 41.0 Å². The van der Waals surface area contributed by atoms with Gasteiger partial charge in [0.25, 0.3) is 0 Å². The zero-order valence-corrected chi connectivity index (χ0v) is 8.93. The maximum atomic E-state index is 10.8. The second-order valence-corrected chi connectivity index (χ2v) is 3.70. The van der Waals surface area contributed by atoms with E-state index in [9.17, 15) is 4.79 Å². The van der Waals surface area contributed by atoms with Crippen LogP contribution in [0.25, 0.3) is 6.08 Å². The molecule has 1 aromatic carbocycles. The summed E-state index contributed by atoms with van der Waals surface area (Å²) in [5, 5.41) is 8.94. The molecule has 1 aromatic rings. The van der Waals surface area contributed by atoms with Crippen LogP contribution >= 0.6 is 0 Å². The number of nitriles is 1. The fourth-order valence-electron chi connectivity index (χ4n) is 1.87. The van der Waals surface area contributed by atoms with Crippen molar-refractivity contribution in [2.24, 2.45) is 0 Å². The summed E-state index contributed by atoms with van der Waals surface area (Å²) >= 11 is 0. The normalized spacial score (nSPS) is 17.4. The number of hydrogen-bond acceptors (Lipinski definition) is 3. The van der Waals surface area contributed by atoms with E-state index in [1.165, 1.54) is 6.92 Å². The summed E-state index contributed by atoms with van der Waals surface area (Å²) in [6.07, 6.45) is 4.11. The van der Waals surface area contributed by atoms with Crippen molar-refractivity contribution in [2.45, 2.75) is 19.4 Å². The van der Waals surface area contributed by atoms with Crippen LogP contribution in [0.4, 0.5) is 0 Å². The average Bonchev–Trinajstić information content (AvgIpc) is 2.27. The summed E-state index contributed by atoms with van der Waals surface area (Å²) in [5.74, 6) is -0.283. The molecule has 2 rings (SSSR count). The number of ether oxygens (including phenoxy) is 1. The van der Waals surface area contributed by atoms with Gasteiger partial charge in [0.15, 0.2) is 0 Å². The van der Waals surface area contributed by atoms with Gasteiger partial charge < -0.3 is 4.74 Å². The molecule has 0 heterocycles. The Morgan fingerprint density at radius 1 is 1.56 bits per heavy atom. The molecular formula is C13H11NO2. The molecule has 0 aliphatic heterocycles. The molecular weight excluding hydrogens is 202 g/mol. The number of carbonyl (C=O) groups excluding carboxylic acids is 1. The molecule has 0 saturated heterocycles. The first-order valence-electron chi connectivity index (χ1n) is 5.08. The molecule has 80 valence electrons. The van der Waals surface area contributed by atoms with Crippen molar-refractivity contribution in [3.63, 3.8) is 0 Å². The molecule has 0 bridgehead atoms. The Hall–Kier alpha value is -2.08. The molecule has 0 saturated carbocycles. The SMILES string of the molecule is CC(=O)OC1C=Cc2c(C#N)cccc2C1. The Labute approximate surface area is 94.0 Å².